The Kier molecular flexibility index (Phi) is 2.55. The van der Waals surface area contributed by atoms with Crippen LogP contribution in [0.1, 0.15) is 32.8 Å². The molecule has 0 aliphatic rings. The van der Waals surface area contributed by atoms with Crippen molar-refractivity contribution in [3.05, 3.63) is 34.0 Å². The fourth-order valence-corrected chi connectivity index (χ4v) is 1.26. The molecule has 72 valence electrons. The molecule has 2 nitrogen and oxygen atoms in total. The van der Waals surface area contributed by atoms with Gasteiger partial charge in [0.2, 0.25) is 0 Å². The number of nitrogens with one attached hydrogen (secondary N) is 1. The molecule has 0 radical (unpaired) electrons. The first-order valence-corrected chi connectivity index (χ1v) is 4.36. The summed E-state index contributed by atoms with van der Waals surface area (Å²) >= 11 is 0. The van der Waals surface area contributed by atoms with Crippen molar-refractivity contribution in [3.8, 4) is 0 Å². The minimum Gasteiger partial charge on any atom is -0.329 e. The van der Waals surface area contributed by atoms with E-state index in [1.54, 1.807) is 0 Å². The van der Waals surface area contributed by atoms with E-state index in [4.69, 9.17) is 0 Å². The van der Waals surface area contributed by atoms with Crippen LogP contribution in [0.3, 0.4) is 0 Å². The van der Waals surface area contributed by atoms with E-state index >= 15 is 0 Å². The Morgan fingerprint density at radius 3 is 2.62 bits per heavy atom. The molecule has 3 heteroatoms. The molecule has 0 unspecified atom stereocenters. The molecular weight excluding hydrogens is 169 g/mol. The average Bonchev–Trinajstić information content (AvgIpc) is 2.03. The van der Waals surface area contributed by atoms with Crippen LogP contribution in [-0.2, 0) is 5.41 Å². The molecule has 1 N–H and O–H groups in total. The monoisotopic (exact) mass is 183 g/mol. The number of H-pyrrole nitrogens is 1. The lowest BCUT2D eigenvalue weighted by molar-refractivity contribution is 0.462. The standard InChI is InChI=1S/C10H14FNO/c1-4-10(2,3)8-7(11)5-6-12-9(8)13/h5-6H,4H2,1-3H3,(H,12,13). The Morgan fingerprint density at radius 1 is 1.54 bits per heavy atom. The third kappa shape index (κ3) is 1.79. The zero-order valence-corrected chi connectivity index (χ0v) is 8.15. The van der Waals surface area contributed by atoms with Gasteiger partial charge in [0.15, 0.2) is 0 Å². The second kappa shape index (κ2) is 3.32. The van der Waals surface area contributed by atoms with Gasteiger partial charge in [-0.2, -0.15) is 0 Å². The highest BCUT2D eigenvalue weighted by molar-refractivity contribution is 5.21. The van der Waals surface area contributed by atoms with E-state index in [1.165, 1.54) is 12.3 Å². The zero-order valence-electron chi connectivity index (χ0n) is 8.15. The van der Waals surface area contributed by atoms with Crippen molar-refractivity contribution >= 4 is 0 Å². The molecule has 0 saturated carbocycles. The summed E-state index contributed by atoms with van der Waals surface area (Å²) in [6, 6.07) is 1.29. The lowest BCUT2D eigenvalue weighted by Crippen LogP contribution is -2.28. The van der Waals surface area contributed by atoms with Crippen molar-refractivity contribution in [3.63, 3.8) is 0 Å². The van der Waals surface area contributed by atoms with Crippen LogP contribution < -0.4 is 5.56 Å². The van der Waals surface area contributed by atoms with Gasteiger partial charge in [-0.3, -0.25) is 4.79 Å². The van der Waals surface area contributed by atoms with Crippen molar-refractivity contribution in [1.29, 1.82) is 0 Å². The van der Waals surface area contributed by atoms with E-state index in [0.717, 1.165) is 6.42 Å². The number of hydrogen-bond acceptors (Lipinski definition) is 1. The smallest absolute Gasteiger partial charge is 0.254 e. The second-order valence-corrected chi connectivity index (χ2v) is 3.77. The zero-order chi connectivity index (χ0) is 10.1. The van der Waals surface area contributed by atoms with E-state index < -0.39 is 11.2 Å². The van der Waals surface area contributed by atoms with Crippen LogP contribution in [0, 0.1) is 5.82 Å². The van der Waals surface area contributed by atoms with Gasteiger partial charge in [-0.25, -0.2) is 4.39 Å². The Morgan fingerprint density at radius 2 is 2.15 bits per heavy atom. The van der Waals surface area contributed by atoms with Gasteiger partial charge < -0.3 is 4.98 Å². The molecule has 1 rings (SSSR count). The maximum absolute atomic E-state index is 13.3. The quantitative estimate of drug-likeness (QED) is 0.749. The molecule has 0 atom stereocenters. The third-order valence-electron chi connectivity index (χ3n) is 2.47. The first-order valence-electron chi connectivity index (χ1n) is 4.36. The summed E-state index contributed by atoms with van der Waals surface area (Å²) < 4.78 is 13.3. The number of aromatic amines is 1. The van der Waals surface area contributed by atoms with Crippen molar-refractivity contribution in [2.75, 3.05) is 0 Å². The van der Waals surface area contributed by atoms with Crippen LogP contribution in [-0.4, -0.2) is 4.98 Å². The SMILES string of the molecule is CCC(C)(C)c1c(F)cc[nH]c1=O. The second-order valence-electron chi connectivity index (χ2n) is 3.77. The first kappa shape index (κ1) is 9.96. The largest absolute Gasteiger partial charge is 0.329 e. The Labute approximate surface area is 76.8 Å². The van der Waals surface area contributed by atoms with Crippen LogP contribution in [0.15, 0.2) is 17.1 Å². The molecule has 1 heterocycles. The molecule has 0 aromatic carbocycles. The molecule has 0 saturated heterocycles. The normalized spacial score (nSPS) is 11.7. The van der Waals surface area contributed by atoms with Crippen molar-refractivity contribution in [2.45, 2.75) is 32.6 Å². The molecule has 1 aromatic heterocycles. The summed E-state index contributed by atoms with van der Waals surface area (Å²) in [5, 5.41) is 0. The molecule has 0 aliphatic carbocycles. The van der Waals surface area contributed by atoms with Gasteiger partial charge in [0, 0.05) is 6.20 Å². The van der Waals surface area contributed by atoms with E-state index in [9.17, 15) is 9.18 Å². The maximum atomic E-state index is 13.3. The van der Waals surface area contributed by atoms with Crippen LogP contribution in [0.4, 0.5) is 4.39 Å². The predicted molar refractivity (Wildman–Crippen MR) is 50.3 cm³/mol. The molecule has 0 aliphatic heterocycles. The molecule has 1 aromatic rings. The van der Waals surface area contributed by atoms with Gasteiger partial charge in [0.1, 0.15) is 5.82 Å². The summed E-state index contributed by atoms with van der Waals surface area (Å²) in [7, 11) is 0. The lowest BCUT2D eigenvalue weighted by Gasteiger charge is -2.22. The molecule has 0 spiro atoms. The highest BCUT2D eigenvalue weighted by Crippen LogP contribution is 2.25. The highest BCUT2D eigenvalue weighted by Gasteiger charge is 2.25. The Hall–Kier alpha value is -1.12. The van der Waals surface area contributed by atoms with Gasteiger partial charge in [-0.15, -0.1) is 0 Å². The van der Waals surface area contributed by atoms with Crippen LogP contribution in [0.25, 0.3) is 0 Å². The van der Waals surface area contributed by atoms with Gasteiger partial charge in [-0.05, 0) is 17.9 Å². The predicted octanol–water partition coefficient (Wildman–Crippen LogP) is 2.20. The van der Waals surface area contributed by atoms with Gasteiger partial charge in [0.05, 0.1) is 5.56 Å². The number of rotatable bonds is 2. The topological polar surface area (TPSA) is 32.9 Å². The van der Waals surface area contributed by atoms with Gasteiger partial charge in [0.25, 0.3) is 5.56 Å². The summed E-state index contributed by atoms with van der Waals surface area (Å²) in [4.78, 5) is 13.8. The molecule has 0 amide bonds. The van der Waals surface area contributed by atoms with E-state index in [-0.39, 0.29) is 11.1 Å². The number of halogens is 1. The fraction of sp³-hybridized carbons (Fsp3) is 0.500. The van der Waals surface area contributed by atoms with E-state index in [2.05, 4.69) is 4.98 Å². The van der Waals surface area contributed by atoms with E-state index in [1.807, 2.05) is 20.8 Å². The van der Waals surface area contributed by atoms with Crippen LogP contribution in [0.2, 0.25) is 0 Å². The summed E-state index contributed by atoms with van der Waals surface area (Å²) in [5.74, 6) is -0.421. The molecule has 0 fully saturated rings. The summed E-state index contributed by atoms with van der Waals surface area (Å²) in [6.45, 7) is 5.66. The van der Waals surface area contributed by atoms with Crippen molar-refractivity contribution in [1.82, 2.24) is 4.98 Å². The first-order chi connectivity index (χ1) is 5.99. The van der Waals surface area contributed by atoms with E-state index in [0.29, 0.717) is 0 Å². The Bertz CT molecular complexity index is 354. The molecule has 0 bridgehead atoms. The highest BCUT2D eigenvalue weighted by atomic mass is 19.1. The van der Waals surface area contributed by atoms with Crippen LogP contribution >= 0.6 is 0 Å². The van der Waals surface area contributed by atoms with Crippen molar-refractivity contribution < 1.29 is 4.39 Å². The lowest BCUT2D eigenvalue weighted by atomic mass is 9.83. The minimum atomic E-state index is -0.421. The maximum Gasteiger partial charge on any atom is 0.254 e. The number of hydrogen-bond donors (Lipinski definition) is 1. The summed E-state index contributed by atoms with van der Waals surface area (Å²) in [6.07, 6.45) is 2.06. The van der Waals surface area contributed by atoms with Gasteiger partial charge in [-0.1, -0.05) is 20.8 Å². The minimum absolute atomic E-state index is 0.248. The van der Waals surface area contributed by atoms with Gasteiger partial charge >= 0.3 is 0 Å². The van der Waals surface area contributed by atoms with Crippen LogP contribution in [0.5, 0.6) is 0 Å². The fourth-order valence-electron chi connectivity index (χ4n) is 1.26. The summed E-state index contributed by atoms with van der Waals surface area (Å²) in [5.41, 5.74) is -0.483. The molecule has 13 heavy (non-hydrogen) atoms. The number of pyridine rings is 1. The van der Waals surface area contributed by atoms with Crippen molar-refractivity contribution in [2.24, 2.45) is 0 Å². The Balaban J connectivity index is 3.37. The molecular formula is C10H14FNO. The third-order valence-corrected chi connectivity index (χ3v) is 2.47. The number of aromatic nitrogens is 1. The average molecular weight is 183 g/mol.